The summed E-state index contributed by atoms with van der Waals surface area (Å²) < 4.78 is 0. The van der Waals surface area contributed by atoms with Gasteiger partial charge in [-0.3, -0.25) is 9.59 Å². The third-order valence-corrected chi connectivity index (χ3v) is 3.32. The Hall–Kier alpha value is -0.860. The minimum atomic E-state index is -0.837. The number of aliphatic carboxylic acids is 1. The van der Waals surface area contributed by atoms with Crippen LogP contribution in [0, 0.1) is 11.8 Å². The molecule has 3 nitrogen and oxygen atoms in total. The molecule has 2 unspecified atom stereocenters. The van der Waals surface area contributed by atoms with E-state index in [9.17, 15) is 9.59 Å². The van der Waals surface area contributed by atoms with E-state index in [1.807, 2.05) is 0 Å². The Morgan fingerprint density at radius 1 is 1.47 bits per heavy atom. The molecule has 0 heterocycles. The first-order chi connectivity index (χ1) is 7.15. The topological polar surface area (TPSA) is 54.4 Å². The van der Waals surface area contributed by atoms with Crippen LogP contribution >= 0.6 is 0 Å². The summed E-state index contributed by atoms with van der Waals surface area (Å²) in [5, 5.41) is 8.73. The Morgan fingerprint density at radius 2 is 2.20 bits per heavy atom. The molecule has 1 saturated carbocycles. The average molecular weight is 212 g/mol. The van der Waals surface area contributed by atoms with Crippen LogP contribution < -0.4 is 0 Å². The molecule has 1 aliphatic rings. The van der Waals surface area contributed by atoms with Crippen molar-refractivity contribution in [1.29, 1.82) is 0 Å². The molecular formula is C12H20O3. The SMILES string of the molecule is CCCCCC1CCC(=O)C1CC(=O)O. The lowest BCUT2D eigenvalue weighted by Crippen LogP contribution is -2.18. The van der Waals surface area contributed by atoms with Gasteiger partial charge in [0.15, 0.2) is 0 Å². The van der Waals surface area contributed by atoms with Crippen molar-refractivity contribution in [3.63, 3.8) is 0 Å². The first kappa shape index (κ1) is 12.2. The predicted octanol–water partition coefficient (Wildman–Crippen LogP) is 2.64. The molecule has 0 spiro atoms. The van der Waals surface area contributed by atoms with Crippen LogP contribution in [-0.4, -0.2) is 16.9 Å². The molecule has 0 saturated heterocycles. The number of unbranched alkanes of at least 4 members (excludes halogenated alkanes) is 2. The maximum atomic E-state index is 11.5. The molecule has 2 atom stereocenters. The summed E-state index contributed by atoms with van der Waals surface area (Å²) in [6.07, 6.45) is 6.04. The van der Waals surface area contributed by atoms with Crippen LogP contribution in [0.4, 0.5) is 0 Å². The van der Waals surface area contributed by atoms with Crippen molar-refractivity contribution in [2.24, 2.45) is 11.8 Å². The lowest BCUT2D eigenvalue weighted by molar-refractivity contribution is -0.140. The van der Waals surface area contributed by atoms with Crippen LogP contribution in [0.5, 0.6) is 0 Å². The first-order valence-corrected chi connectivity index (χ1v) is 5.89. The number of carboxylic acids is 1. The molecule has 1 N–H and O–H groups in total. The van der Waals surface area contributed by atoms with Gasteiger partial charge in [-0.25, -0.2) is 0 Å². The van der Waals surface area contributed by atoms with Crippen LogP contribution in [0.2, 0.25) is 0 Å². The zero-order chi connectivity index (χ0) is 11.3. The summed E-state index contributed by atoms with van der Waals surface area (Å²) in [5.41, 5.74) is 0. The third-order valence-electron chi connectivity index (χ3n) is 3.32. The van der Waals surface area contributed by atoms with Gasteiger partial charge in [-0.1, -0.05) is 26.2 Å². The summed E-state index contributed by atoms with van der Waals surface area (Å²) in [5.74, 6) is -0.533. The molecule has 1 aliphatic carbocycles. The van der Waals surface area contributed by atoms with Gasteiger partial charge in [-0.2, -0.15) is 0 Å². The highest BCUT2D eigenvalue weighted by molar-refractivity contribution is 5.86. The van der Waals surface area contributed by atoms with E-state index in [1.54, 1.807) is 0 Å². The van der Waals surface area contributed by atoms with Gasteiger partial charge >= 0.3 is 5.97 Å². The molecule has 1 rings (SSSR count). The summed E-state index contributed by atoms with van der Waals surface area (Å²) in [6, 6.07) is 0. The summed E-state index contributed by atoms with van der Waals surface area (Å²) in [6.45, 7) is 2.15. The van der Waals surface area contributed by atoms with E-state index < -0.39 is 5.97 Å². The minimum absolute atomic E-state index is 0.0373. The summed E-state index contributed by atoms with van der Waals surface area (Å²) >= 11 is 0. The molecule has 0 aromatic carbocycles. The molecule has 0 aromatic rings. The van der Waals surface area contributed by atoms with Crippen LogP contribution in [0.1, 0.15) is 51.9 Å². The third kappa shape index (κ3) is 3.65. The van der Waals surface area contributed by atoms with Crippen LogP contribution in [0.15, 0.2) is 0 Å². The van der Waals surface area contributed by atoms with Gasteiger partial charge in [0.1, 0.15) is 5.78 Å². The van der Waals surface area contributed by atoms with Crippen molar-refractivity contribution in [1.82, 2.24) is 0 Å². The lowest BCUT2D eigenvalue weighted by Gasteiger charge is -2.15. The first-order valence-electron chi connectivity index (χ1n) is 5.89. The Balaban J connectivity index is 2.41. The summed E-state index contributed by atoms with van der Waals surface area (Å²) in [7, 11) is 0. The average Bonchev–Trinajstić information content (AvgIpc) is 2.49. The Labute approximate surface area is 90.9 Å². The number of carboxylic acid groups (broad SMARTS) is 1. The molecule has 0 bridgehead atoms. The fourth-order valence-corrected chi connectivity index (χ4v) is 2.45. The van der Waals surface area contributed by atoms with Crippen LogP contribution in [0.25, 0.3) is 0 Å². The molecular weight excluding hydrogens is 192 g/mol. The number of Topliss-reactive ketones (excluding diaryl/α,β-unsaturated/α-hetero) is 1. The molecule has 15 heavy (non-hydrogen) atoms. The van der Waals surface area contributed by atoms with Gasteiger partial charge in [-0.15, -0.1) is 0 Å². The van der Waals surface area contributed by atoms with Gasteiger partial charge in [0.2, 0.25) is 0 Å². The standard InChI is InChI=1S/C12H20O3/c1-2-3-4-5-9-6-7-11(13)10(9)8-12(14)15/h9-10H,2-8H2,1H3,(H,14,15). The number of ketones is 1. The van der Waals surface area contributed by atoms with Crippen molar-refractivity contribution in [3.05, 3.63) is 0 Å². The largest absolute Gasteiger partial charge is 0.481 e. The zero-order valence-corrected chi connectivity index (χ0v) is 9.37. The monoisotopic (exact) mass is 212 g/mol. The van der Waals surface area contributed by atoms with Gasteiger partial charge in [0.05, 0.1) is 6.42 Å². The number of hydrogen-bond acceptors (Lipinski definition) is 2. The summed E-state index contributed by atoms with van der Waals surface area (Å²) in [4.78, 5) is 22.1. The molecule has 86 valence electrons. The minimum Gasteiger partial charge on any atom is -0.481 e. The van der Waals surface area contributed by atoms with E-state index in [4.69, 9.17) is 5.11 Å². The quantitative estimate of drug-likeness (QED) is 0.688. The zero-order valence-electron chi connectivity index (χ0n) is 9.37. The maximum Gasteiger partial charge on any atom is 0.304 e. The van der Waals surface area contributed by atoms with Crippen molar-refractivity contribution in [2.75, 3.05) is 0 Å². The molecule has 0 radical (unpaired) electrons. The molecule has 1 fully saturated rings. The van der Waals surface area contributed by atoms with Gasteiger partial charge in [0, 0.05) is 12.3 Å². The van der Waals surface area contributed by atoms with Crippen molar-refractivity contribution < 1.29 is 14.7 Å². The van der Waals surface area contributed by atoms with E-state index in [1.165, 1.54) is 12.8 Å². The van der Waals surface area contributed by atoms with Crippen LogP contribution in [0.3, 0.4) is 0 Å². The number of rotatable bonds is 6. The Kier molecular flexibility index (Phi) is 4.79. The maximum absolute atomic E-state index is 11.5. The van der Waals surface area contributed by atoms with Crippen molar-refractivity contribution in [3.8, 4) is 0 Å². The highest BCUT2D eigenvalue weighted by Crippen LogP contribution is 2.34. The second kappa shape index (κ2) is 5.89. The van der Waals surface area contributed by atoms with E-state index in [0.29, 0.717) is 12.3 Å². The molecule has 0 aromatic heterocycles. The molecule has 0 amide bonds. The van der Waals surface area contributed by atoms with Gasteiger partial charge in [0.25, 0.3) is 0 Å². The number of carbonyl (C=O) groups is 2. The van der Waals surface area contributed by atoms with Gasteiger partial charge < -0.3 is 5.11 Å². The predicted molar refractivity (Wildman–Crippen MR) is 57.6 cm³/mol. The normalized spacial score (nSPS) is 25.8. The smallest absolute Gasteiger partial charge is 0.304 e. The van der Waals surface area contributed by atoms with E-state index in [0.717, 1.165) is 19.3 Å². The van der Waals surface area contributed by atoms with E-state index in [2.05, 4.69) is 6.92 Å². The van der Waals surface area contributed by atoms with E-state index >= 15 is 0 Å². The van der Waals surface area contributed by atoms with Crippen molar-refractivity contribution in [2.45, 2.75) is 51.9 Å². The van der Waals surface area contributed by atoms with Crippen LogP contribution in [-0.2, 0) is 9.59 Å². The highest BCUT2D eigenvalue weighted by Gasteiger charge is 2.35. The number of carbonyl (C=O) groups excluding carboxylic acids is 1. The second-order valence-corrected chi connectivity index (χ2v) is 4.47. The Bertz CT molecular complexity index is 235. The highest BCUT2D eigenvalue weighted by atomic mass is 16.4. The second-order valence-electron chi connectivity index (χ2n) is 4.47. The Morgan fingerprint density at radius 3 is 2.80 bits per heavy atom. The fraction of sp³-hybridized carbons (Fsp3) is 0.833. The lowest BCUT2D eigenvalue weighted by atomic mass is 9.88. The van der Waals surface area contributed by atoms with Gasteiger partial charge in [-0.05, 0) is 18.8 Å². The molecule has 3 heteroatoms. The van der Waals surface area contributed by atoms with E-state index in [-0.39, 0.29) is 18.1 Å². The number of hydrogen-bond donors (Lipinski definition) is 1. The molecule has 0 aliphatic heterocycles. The fourth-order valence-electron chi connectivity index (χ4n) is 2.45. The van der Waals surface area contributed by atoms with Crippen molar-refractivity contribution >= 4 is 11.8 Å².